The van der Waals surface area contributed by atoms with Gasteiger partial charge in [0.05, 0.1) is 17.9 Å². The molecule has 9 nitrogen and oxygen atoms in total. The highest BCUT2D eigenvalue weighted by Crippen LogP contribution is 2.29. The topological polar surface area (TPSA) is 133 Å². The van der Waals surface area contributed by atoms with Crippen molar-refractivity contribution in [3.05, 3.63) is 59.2 Å². The van der Waals surface area contributed by atoms with Gasteiger partial charge in [-0.15, -0.1) is 0 Å². The smallest absolute Gasteiger partial charge is 0.335 e. The number of phenols is 1. The minimum atomic E-state index is -1.15. The molecule has 148 valence electrons. The first-order chi connectivity index (χ1) is 13.8. The van der Waals surface area contributed by atoms with Gasteiger partial charge in [-0.05, 0) is 55.0 Å². The summed E-state index contributed by atoms with van der Waals surface area (Å²) in [6.45, 7) is 2.05. The molecule has 0 saturated carbocycles. The van der Waals surface area contributed by atoms with Crippen LogP contribution in [0.5, 0.6) is 11.5 Å². The number of carbonyl (C=O) groups is 4. The van der Waals surface area contributed by atoms with Crippen molar-refractivity contribution in [3.8, 4) is 11.5 Å². The third-order valence-corrected chi connectivity index (χ3v) is 4.07. The lowest BCUT2D eigenvalue weighted by molar-refractivity contribution is -0.122. The van der Waals surface area contributed by atoms with E-state index in [1.54, 1.807) is 6.92 Å². The van der Waals surface area contributed by atoms with Crippen molar-refractivity contribution < 1.29 is 34.1 Å². The van der Waals surface area contributed by atoms with Gasteiger partial charge in [0.15, 0.2) is 11.5 Å². The van der Waals surface area contributed by atoms with Gasteiger partial charge in [0.25, 0.3) is 11.8 Å². The van der Waals surface area contributed by atoms with Crippen LogP contribution in [0, 0.1) is 0 Å². The van der Waals surface area contributed by atoms with Crippen LogP contribution in [-0.2, 0) is 9.59 Å². The second-order valence-corrected chi connectivity index (χ2v) is 5.97. The van der Waals surface area contributed by atoms with E-state index in [1.807, 2.05) is 0 Å². The molecule has 0 unspecified atom stereocenters. The Morgan fingerprint density at radius 1 is 1.14 bits per heavy atom. The predicted molar refractivity (Wildman–Crippen MR) is 102 cm³/mol. The molecule has 0 bridgehead atoms. The summed E-state index contributed by atoms with van der Waals surface area (Å²) in [4.78, 5) is 48.9. The fourth-order valence-electron chi connectivity index (χ4n) is 2.70. The number of hydrogen-bond acceptors (Lipinski definition) is 6. The molecule has 3 rings (SSSR count). The Morgan fingerprint density at radius 2 is 1.83 bits per heavy atom. The number of urea groups is 1. The first kappa shape index (κ1) is 19.6. The molecule has 0 spiro atoms. The van der Waals surface area contributed by atoms with Crippen LogP contribution in [0.15, 0.2) is 48.0 Å². The van der Waals surface area contributed by atoms with E-state index in [1.165, 1.54) is 48.5 Å². The maximum Gasteiger partial charge on any atom is 0.335 e. The van der Waals surface area contributed by atoms with Gasteiger partial charge in [0.2, 0.25) is 0 Å². The summed E-state index contributed by atoms with van der Waals surface area (Å²) in [5.74, 6) is -2.80. The number of nitrogens with one attached hydrogen (secondary N) is 1. The number of amides is 4. The van der Waals surface area contributed by atoms with Crippen LogP contribution in [0.3, 0.4) is 0 Å². The standard InChI is InChI=1S/C20H16N2O7/c1-2-29-16-10-11(3-8-15(16)23)9-14-17(24)21-20(28)22(18(14)25)13-6-4-12(5-7-13)19(26)27/h3-10,23H,2H2,1H3,(H,26,27)(H,21,24,28)/b14-9+. The lowest BCUT2D eigenvalue weighted by atomic mass is 10.1. The van der Waals surface area contributed by atoms with Crippen molar-refractivity contribution in [2.75, 3.05) is 11.5 Å². The number of barbiturate groups is 1. The van der Waals surface area contributed by atoms with Crippen molar-refractivity contribution in [1.29, 1.82) is 0 Å². The highest BCUT2D eigenvalue weighted by Gasteiger charge is 2.36. The second-order valence-electron chi connectivity index (χ2n) is 5.97. The number of carboxylic acid groups (broad SMARTS) is 1. The average Bonchev–Trinajstić information content (AvgIpc) is 2.68. The van der Waals surface area contributed by atoms with Gasteiger partial charge < -0.3 is 14.9 Å². The fraction of sp³-hybridized carbons (Fsp3) is 0.100. The number of benzene rings is 2. The van der Waals surface area contributed by atoms with E-state index in [9.17, 15) is 24.3 Å². The van der Waals surface area contributed by atoms with Gasteiger partial charge in [-0.3, -0.25) is 14.9 Å². The Morgan fingerprint density at radius 3 is 2.45 bits per heavy atom. The van der Waals surface area contributed by atoms with E-state index in [4.69, 9.17) is 9.84 Å². The van der Waals surface area contributed by atoms with E-state index in [-0.39, 0.29) is 28.3 Å². The van der Waals surface area contributed by atoms with Gasteiger partial charge in [0, 0.05) is 0 Å². The van der Waals surface area contributed by atoms with Gasteiger partial charge in [-0.1, -0.05) is 6.07 Å². The monoisotopic (exact) mass is 396 g/mol. The van der Waals surface area contributed by atoms with Gasteiger partial charge in [-0.2, -0.15) is 0 Å². The van der Waals surface area contributed by atoms with Gasteiger partial charge in [0.1, 0.15) is 5.57 Å². The number of imide groups is 2. The normalized spacial score (nSPS) is 15.4. The van der Waals surface area contributed by atoms with E-state index in [0.717, 1.165) is 4.90 Å². The first-order valence-electron chi connectivity index (χ1n) is 8.52. The summed E-state index contributed by atoms with van der Waals surface area (Å²) in [6.07, 6.45) is 1.27. The molecule has 1 fully saturated rings. The van der Waals surface area contributed by atoms with Crippen LogP contribution >= 0.6 is 0 Å². The minimum Gasteiger partial charge on any atom is -0.504 e. The van der Waals surface area contributed by atoms with Crippen LogP contribution in [-0.4, -0.2) is 40.6 Å². The number of nitrogens with zero attached hydrogens (tertiary/aromatic N) is 1. The zero-order valence-corrected chi connectivity index (χ0v) is 15.2. The Bertz CT molecular complexity index is 1040. The zero-order chi connectivity index (χ0) is 21.1. The second kappa shape index (κ2) is 7.85. The van der Waals surface area contributed by atoms with Crippen LogP contribution in [0.4, 0.5) is 10.5 Å². The van der Waals surface area contributed by atoms with Crippen LogP contribution in [0.25, 0.3) is 6.08 Å². The van der Waals surface area contributed by atoms with Crippen molar-refractivity contribution >= 4 is 35.6 Å². The van der Waals surface area contributed by atoms with E-state index in [0.29, 0.717) is 12.2 Å². The maximum absolute atomic E-state index is 12.8. The number of phenolic OH excluding ortho intramolecular Hbond substituents is 1. The lowest BCUT2D eigenvalue weighted by Crippen LogP contribution is -2.54. The predicted octanol–water partition coefficient (Wildman–Crippen LogP) is 2.16. The maximum atomic E-state index is 12.8. The SMILES string of the molecule is CCOc1cc(/C=C2\C(=O)NC(=O)N(c3ccc(C(=O)O)cc3)C2=O)ccc1O. The summed E-state index contributed by atoms with van der Waals surface area (Å²) < 4.78 is 5.28. The molecule has 1 aliphatic heterocycles. The molecule has 0 atom stereocenters. The molecule has 0 radical (unpaired) electrons. The van der Waals surface area contributed by atoms with Gasteiger partial charge in [-0.25, -0.2) is 14.5 Å². The Balaban J connectivity index is 1.97. The third-order valence-electron chi connectivity index (χ3n) is 4.07. The Hall–Kier alpha value is -4.14. The number of aromatic carboxylic acids is 1. The van der Waals surface area contributed by atoms with Crippen LogP contribution in [0.2, 0.25) is 0 Å². The Kier molecular flexibility index (Phi) is 5.31. The van der Waals surface area contributed by atoms with E-state index >= 15 is 0 Å². The number of anilines is 1. The highest BCUT2D eigenvalue weighted by atomic mass is 16.5. The molecule has 29 heavy (non-hydrogen) atoms. The summed E-state index contributed by atoms with van der Waals surface area (Å²) >= 11 is 0. The quantitative estimate of drug-likeness (QED) is 0.521. The summed E-state index contributed by atoms with van der Waals surface area (Å²) in [5.41, 5.74) is 0.190. The molecule has 9 heteroatoms. The van der Waals surface area contributed by atoms with Crippen molar-refractivity contribution in [3.63, 3.8) is 0 Å². The molecule has 1 saturated heterocycles. The number of rotatable bonds is 5. The molecule has 0 aromatic heterocycles. The van der Waals surface area contributed by atoms with Crippen LogP contribution in [0.1, 0.15) is 22.8 Å². The van der Waals surface area contributed by atoms with Crippen molar-refractivity contribution in [2.45, 2.75) is 6.92 Å². The molecular weight excluding hydrogens is 380 g/mol. The molecule has 2 aromatic rings. The zero-order valence-electron chi connectivity index (χ0n) is 15.2. The largest absolute Gasteiger partial charge is 0.504 e. The number of carboxylic acids is 1. The number of carbonyl (C=O) groups excluding carboxylic acids is 3. The molecule has 4 amide bonds. The Labute approximate surface area is 164 Å². The first-order valence-corrected chi connectivity index (χ1v) is 8.52. The average molecular weight is 396 g/mol. The van der Waals surface area contributed by atoms with E-state index in [2.05, 4.69) is 5.32 Å². The molecule has 3 N–H and O–H groups in total. The van der Waals surface area contributed by atoms with E-state index < -0.39 is 23.8 Å². The highest BCUT2D eigenvalue weighted by molar-refractivity contribution is 6.39. The summed E-state index contributed by atoms with van der Waals surface area (Å²) in [6, 6.07) is 8.42. The van der Waals surface area contributed by atoms with Gasteiger partial charge >= 0.3 is 12.0 Å². The molecule has 1 heterocycles. The number of aromatic hydroxyl groups is 1. The van der Waals surface area contributed by atoms with Crippen LogP contribution < -0.4 is 15.0 Å². The lowest BCUT2D eigenvalue weighted by Gasteiger charge is -2.26. The minimum absolute atomic E-state index is 0.0157. The summed E-state index contributed by atoms with van der Waals surface area (Å²) in [5, 5.41) is 20.8. The summed E-state index contributed by atoms with van der Waals surface area (Å²) in [7, 11) is 0. The third kappa shape index (κ3) is 3.93. The van der Waals surface area contributed by atoms with Crippen molar-refractivity contribution in [1.82, 2.24) is 5.32 Å². The van der Waals surface area contributed by atoms with Crippen molar-refractivity contribution in [2.24, 2.45) is 0 Å². The number of hydrogen-bond donors (Lipinski definition) is 3. The molecule has 0 aliphatic carbocycles. The molecular formula is C20H16N2O7. The fourth-order valence-corrected chi connectivity index (χ4v) is 2.70. The molecule has 2 aromatic carbocycles. The number of ether oxygens (including phenoxy) is 1. The molecule has 1 aliphatic rings.